The summed E-state index contributed by atoms with van der Waals surface area (Å²) in [4.78, 5) is 19.3. The van der Waals surface area contributed by atoms with Crippen molar-refractivity contribution < 1.29 is 18.3 Å². The Balaban J connectivity index is 1.59. The lowest BCUT2D eigenvalue weighted by molar-refractivity contribution is 0.102. The van der Waals surface area contributed by atoms with E-state index in [1.807, 2.05) is 0 Å². The number of aryl methyl sites for hydroxylation is 1. The molecule has 2 aromatic heterocycles. The van der Waals surface area contributed by atoms with Crippen LogP contribution in [0, 0.1) is 17.6 Å². The lowest BCUT2D eigenvalue weighted by atomic mass is 9.97. The molecule has 3 heterocycles. The van der Waals surface area contributed by atoms with Gasteiger partial charge in [-0.3, -0.25) is 9.48 Å². The number of methoxy groups -OCH3 is 1. The summed E-state index contributed by atoms with van der Waals surface area (Å²) in [6, 6.07) is 2.25. The molecule has 12 heteroatoms. The average molecular weight is 478 g/mol. The maximum atomic E-state index is 14.7. The Hall–Kier alpha value is -3.25. The summed E-state index contributed by atoms with van der Waals surface area (Å²) in [6.45, 7) is 2.24. The van der Waals surface area contributed by atoms with Crippen molar-refractivity contribution in [3.8, 4) is 16.3 Å². The maximum Gasteiger partial charge on any atom is 0.277 e. The van der Waals surface area contributed by atoms with Gasteiger partial charge in [0.05, 0.1) is 18.9 Å². The van der Waals surface area contributed by atoms with E-state index < -0.39 is 23.1 Å². The van der Waals surface area contributed by atoms with Gasteiger partial charge >= 0.3 is 0 Å². The molecule has 176 valence electrons. The Morgan fingerprint density at radius 2 is 2.06 bits per heavy atom. The SMILES string of the molecule is COc1ccc(F)c(-c2nc(C(=O)Nc3cnn(C)c3N3CCC(CN)CC3)c(N)s2)c1F. The molecule has 9 nitrogen and oxygen atoms in total. The van der Waals surface area contributed by atoms with E-state index in [4.69, 9.17) is 16.2 Å². The summed E-state index contributed by atoms with van der Waals surface area (Å²) in [5.41, 5.74) is 11.8. The second-order valence-corrected chi connectivity index (χ2v) is 8.83. The molecule has 1 aliphatic heterocycles. The first-order valence-electron chi connectivity index (χ1n) is 10.4. The maximum absolute atomic E-state index is 14.7. The lowest BCUT2D eigenvalue weighted by Crippen LogP contribution is -2.37. The predicted octanol–water partition coefficient (Wildman–Crippen LogP) is 2.84. The van der Waals surface area contributed by atoms with Crippen molar-refractivity contribution in [3.05, 3.63) is 35.7 Å². The Morgan fingerprint density at radius 3 is 2.73 bits per heavy atom. The van der Waals surface area contributed by atoms with Crippen molar-refractivity contribution in [1.29, 1.82) is 0 Å². The molecular formula is C21H25F2N7O2S. The minimum absolute atomic E-state index is 0.0401. The minimum atomic E-state index is -0.909. The van der Waals surface area contributed by atoms with Crippen LogP contribution in [-0.2, 0) is 7.05 Å². The van der Waals surface area contributed by atoms with Gasteiger partial charge in [0.15, 0.2) is 23.1 Å². The molecule has 0 bridgehead atoms. The molecule has 1 aliphatic rings. The van der Waals surface area contributed by atoms with E-state index in [9.17, 15) is 13.6 Å². The molecule has 0 spiro atoms. The first-order chi connectivity index (χ1) is 15.8. The summed E-state index contributed by atoms with van der Waals surface area (Å²) in [7, 11) is 3.07. The Bertz CT molecular complexity index is 1170. The molecule has 1 aromatic carbocycles. The number of halogens is 2. The number of nitrogens with two attached hydrogens (primary N) is 2. The van der Waals surface area contributed by atoms with Crippen molar-refractivity contribution in [2.75, 3.05) is 42.7 Å². The summed E-state index contributed by atoms with van der Waals surface area (Å²) in [6.07, 6.45) is 3.46. The van der Waals surface area contributed by atoms with Gasteiger partial charge in [-0.05, 0) is 37.4 Å². The molecule has 5 N–H and O–H groups in total. The first-order valence-corrected chi connectivity index (χ1v) is 11.2. The first kappa shape index (κ1) is 22.9. The van der Waals surface area contributed by atoms with Crippen molar-refractivity contribution >= 4 is 33.8 Å². The van der Waals surface area contributed by atoms with Crippen LogP contribution in [0.1, 0.15) is 23.3 Å². The molecule has 1 amide bonds. The average Bonchev–Trinajstić information content (AvgIpc) is 3.36. The van der Waals surface area contributed by atoms with Crippen LogP contribution in [0.25, 0.3) is 10.6 Å². The molecule has 3 aromatic rings. The molecule has 0 aliphatic carbocycles. The third-order valence-electron chi connectivity index (χ3n) is 5.76. The number of anilines is 3. The molecular weight excluding hydrogens is 452 g/mol. The van der Waals surface area contributed by atoms with Crippen molar-refractivity contribution in [2.45, 2.75) is 12.8 Å². The van der Waals surface area contributed by atoms with Crippen LogP contribution in [0.2, 0.25) is 0 Å². The number of nitrogens with one attached hydrogen (secondary N) is 1. The highest BCUT2D eigenvalue weighted by molar-refractivity contribution is 7.19. The number of nitrogens with zero attached hydrogens (tertiary/aromatic N) is 4. The van der Waals surface area contributed by atoms with E-state index in [0.717, 1.165) is 49.2 Å². The quantitative estimate of drug-likeness (QED) is 0.499. The predicted molar refractivity (Wildman–Crippen MR) is 124 cm³/mol. The second kappa shape index (κ2) is 9.32. The Morgan fingerprint density at radius 1 is 1.33 bits per heavy atom. The fraction of sp³-hybridized carbons (Fsp3) is 0.381. The fourth-order valence-electron chi connectivity index (χ4n) is 3.94. The zero-order chi connectivity index (χ0) is 23.7. The van der Waals surface area contributed by atoms with E-state index in [2.05, 4.69) is 20.3 Å². The van der Waals surface area contributed by atoms with Gasteiger partial charge in [0.25, 0.3) is 5.91 Å². The van der Waals surface area contributed by atoms with Crippen LogP contribution in [-0.4, -0.2) is 47.4 Å². The normalized spacial score (nSPS) is 14.5. The van der Waals surface area contributed by atoms with Gasteiger partial charge in [0.1, 0.15) is 21.5 Å². The van der Waals surface area contributed by atoms with Gasteiger partial charge in [-0.15, -0.1) is 0 Å². The highest BCUT2D eigenvalue weighted by Crippen LogP contribution is 2.37. The Labute approximate surface area is 193 Å². The molecule has 0 radical (unpaired) electrons. The number of carbonyl (C=O) groups is 1. The van der Waals surface area contributed by atoms with Gasteiger partial charge < -0.3 is 26.4 Å². The third-order valence-corrected chi connectivity index (χ3v) is 6.66. The topological polar surface area (TPSA) is 124 Å². The molecule has 1 fully saturated rings. The van der Waals surface area contributed by atoms with Crippen molar-refractivity contribution in [3.63, 3.8) is 0 Å². The number of hydrogen-bond donors (Lipinski definition) is 3. The zero-order valence-electron chi connectivity index (χ0n) is 18.3. The van der Waals surface area contributed by atoms with Crippen LogP contribution in [0.5, 0.6) is 5.75 Å². The van der Waals surface area contributed by atoms with Crippen molar-refractivity contribution in [1.82, 2.24) is 14.8 Å². The van der Waals surface area contributed by atoms with E-state index >= 15 is 0 Å². The number of piperidine rings is 1. The second-order valence-electron chi connectivity index (χ2n) is 7.80. The van der Waals surface area contributed by atoms with E-state index in [1.165, 1.54) is 13.2 Å². The molecule has 33 heavy (non-hydrogen) atoms. The lowest BCUT2D eigenvalue weighted by Gasteiger charge is -2.33. The van der Waals surface area contributed by atoms with Crippen LogP contribution in [0.3, 0.4) is 0 Å². The third kappa shape index (κ3) is 4.35. The summed E-state index contributed by atoms with van der Waals surface area (Å²) < 4.78 is 35.6. The van der Waals surface area contributed by atoms with Crippen LogP contribution in [0.15, 0.2) is 18.3 Å². The largest absolute Gasteiger partial charge is 0.494 e. The number of nitrogen functional groups attached to an aromatic ring is 1. The molecule has 4 rings (SSSR count). The van der Waals surface area contributed by atoms with Gasteiger partial charge in [-0.25, -0.2) is 13.8 Å². The zero-order valence-corrected chi connectivity index (χ0v) is 19.1. The monoisotopic (exact) mass is 477 g/mol. The number of aromatic nitrogens is 3. The number of rotatable bonds is 6. The highest BCUT2D eigenvalue weighted by atomic mass is 32.1. The van der Waals surface area contributed by atoms with Crippen LogP contribution in [0.4, 0.5) is 25.3 Å². The summed E-state index contributed by atoms with van der Waals surface area (Å²) in [5, 5.41) is 7.05. The summed E-state index contributed by atoms with van der Waals surface area (Å²) >= 11 is 0.821. The van der Waals surface area contributed by atoms with E-state index in [1.54, 1.807) is 17.9 Å². The van der Waals surface area contributed by atoms with E-state index in [-0.39, 0.29) is 21.5 Å². The number of thiazole rings is 1. The fourth-order valence-corrected chi connectivity index (χ4v) is 4.81. The van der Waals surface area contributed by atoms with Crippen LogP contribution >= 0.6 is 11.3 Å². The van der Waals surface area contributed by atoms with Crippen molar-refractivity contribution in [2.24, 2.45) is 18.7 Å². The van der Waals surface area contributed by atoms with Crippen LogP contribution < -0.4 is 26.4 Å². The number of carbonyl (C=O) groups excluding carboxylic acids is 1. The number of hydrogen-bond acceptors (Lipinski definition) is 8. The van der Waals surface area contributed by atoms with Gasteiger partial charge in [0.2, 0.25) is 0 Å². The van der Waals surface area contributed by atoms with Gasteiger partial charge in [-0.1, -0.05) is 11.3 Å². The minimum Gasteiger partial charge on any atom is -0.494 e. The molecule has 1 saturated heterocycles. The van der Waals surface area contributed by atoms with Gasteiger partial charge in [0, 0.05) is 20.1 Å². The molecule has 0 unspecified atom stereocenters. The highest BCUT2D eigenvalue weighted by Gasteiger charge is 2.27. The summed E-state index contributed by atoms with van der Waals surface area (Å²) in [5.74, 6) is -1.22. The molecule has 0 saturated carbocycles. The number of ether oxygens (including phenoxy) is 1. The Kier molecular flexibility index (Phi) is 6.47. The smallest absolute Gasteiger partial charge is 0.277 e. The van der Waals surface area contributed by atoms with E-state index in [0.29, 0.717) is 18.2 Å². The number of amides is 1. The number of benzene rings is 1. The van der Waals surface area contributed by atoms with Gasteiger partial charge in [-0.2, -0.15) is 5.10 Å². The molecule has 0 atom stereocenters. The standard InChI is InChI=1S/C21H25F2N7O2S/c1-29-21(30-7-5-11(9-24)6-8-30)13(10-26-29)27-19(31)17-18(25)33-20(28-17)15-12(22)3-4-14(32-2)16(15)23/h3-4,10-11H,5-9,24-25H2,1-2H3,(H,27,31).